The minimum absolute atomic E-state index is 0.238. The third-order valence-corrected chi connectivity index (χ3v) is 10.9. The second-order valence-electron chi connectivity index (χ2n) is 13.7. The fourth-order valence-corrected chi connectivity index (χ4v) is 8.83. The predicted octanol–water partition coefficient (Wildman–Crippen LogP) is 12.1. The summed E-state index contributed by atoms with van der Waals surface area (Å²) in [4.78, 5) is 0. The highest BCUT2D eigenvalue weighted by Gasteiger charge is 2.38. The van der Waals surface area contributed by atoms with E-state index in [2.05, 4.69) is 169 Å². The number of benzene rings is 7. The summed E-state index contributed by atoms with van der Waals surface area (Å²) in [5, 5.41) is 7.46. The van der Waals surface area contributed by atoms with E-state index in [-0.39, 0.29) is 5.41 Å². The van der Waals surface area contributed by atoms with Crippen LogP contribution in [-0.2, 0) is 5.41 Å². The molecule has 0 atom stereocenters. The number of aromatic nitrogens is 2. The number of hydrogen-bond acceptors (Lipinski definition) is 1. The Labute approximate surface area is 276 Å². The van der Waals surface area contributed by atoms with Gasteiger partial charge >= 0.3 is 0 Å². The summed E-state index contributed by atoms with van der Waals surface area (Å²) in [7, 11) is 0. The van der Waals surface area contributed by atoms with Gasteiger partial charge in [0.25, 0.3) is 0 Å². The third kappa shape index (κ3) is 3.23. The Balaban J connectivity index is 1.15. The molecule has 1 aliphatic rings. The van der Waals surface area contributed by atoms with Gasteiger partial charge in [-0.2, -0.15) is 0 Å². The predicted molar refractivity (Wildman–Crippen MR) is 200 cm³/mol. The molecule has 7 aromatic carbocycles. The van der Waals surface area contributed by atoms with Crippen molar-refractivity contribution in [2.75, 3.05) is 0 Å². The molecule has 3 aromatic heterocycles. The number of rotatable bonds is 2. The van der Waals surface area contributed by atoms with Crippen molar-refractivity contribution in [3.05, 3.63) is 157 Å². The van der Waals surface area contributed by atoms with Crippen molar-refractivity contribution in [1.29, 1.82) is 0 Å². The first-order valence-electron chi connectivity index (χ1n) is 16.7. The Hall–Kier alpha value is -6.06. The fourth-order valence-electron chi connectivity index (χ4n) is 8.83. The van der Waals surface area contributed by atoms with Crippen molar-refractivity contribution >= 4 is 65.6 Å². The largest absolute Gasteiger partial charge is 0.456 e. The number of hydrogen-bond donors (Lipinski definition) is 0. The molecule has 3 heterocycles. The fraction of sp³-hybridized carbons (Fsp3) is 0.0667. The first-order valence-corrected chi connectivity index (χ1v) is 16.7. The van der Waals surface area contributed by atoms with Gasteiger partial charge in [0.1, 0.15) is 11.2 Å². The molecule has 10 aromatic rings. The molecular formula is C45H30N2O. The lowest BCUT2D eigenvalue weighted by molar-refractivity contribution is 0.656. The van der Waals surface area contributed by atoms with E-state index in [0.29, 0.717) is 0 Å². The Morgan fingerprint density at radius 2 is 0.896 bits per heavy atom. The van der Waals surface area contributed by atoms with Gasteiger partial charge in [0.15, 0.2) is 0 Å². The van der Waals surface area contributed by atoms with E-state index in [1.54, 1.807) is 0 Å². The number of furan rings is 1. The van der Waals surface area contributed by atoms with E-state index >= 15 is 0 Å². The van der Waals surface area contributed by atoms with Crippen LogP contribution in [0.4, 0.5) is 0 Å². The van der Waals surface area contributed by atoms with Gasteiger partial charge in [0.05, 0.1) is 22.1 Å². The van der Waals surface area contributed by atoms with Gasteiger partial charge in [0, 0.05) is 49.1 Å². The van der Waals surface area contributed by atoms with Gasteiger partial charge < -0.3 is 13.6 Å². The average molecular weight is 615 g/mol. The summed E-state index contributed by atoms with van der Waals surface area (Å²) in [6, 6.07) is 53.0. The summed E-state index contributed by atoms with van der Waals surface area (Å²) in [6.45, 7) is 4.75. The van der Waals surface area contributed by atoms with Crippen LogP contribution >= 0.6 is 0 Å². The first-order chi connectivity index (χ1) is 23.6. The SMILES string of the molecule is CC1(C)c2cc(-n3c4ccccc4c4ccccc43)ccc2-c2ccc3oc4ccc(-n5c6ccccc6c6ccccc65)cc4c3c21. The molecule has 48 heavy (non-hydrogen) atoms. The van der Waals surface area contributed by atoms with Gasteiger partial charge in [0.2, 0.25) is 0 Å². The quantitative estimate of drug-likeness (QED) is 0.190. The molecule has 0 bridgehead atoms. The molecule has 0 saturated carbocycles. The number of fused-ring (bicyclic) bond motifs is 13. The lowest BCUT2D eigenvalue weighted by Crippen LogP contribution is -2.16. The van der Waals surface area contributed by atoms with Crippen LogP contribution in [-0.4, -0.2) is 9.13 Å². The summed E-state index contributed by atoms with van der Waals surface area (Å²) in [5.74, 6) is 0. The standard InChI is InChI=1S/C45H30N2O/c1-45(2)36-26-28(47-39-17-9-5-13-32(39)33-14-6-10-18-40(33)47)19-21-29(36)34-22-24-42-43(44(34)45)35-25-27(20-23-41(35)48-42)46-37-15-7-3-11-30(37)31-12-4-8-16-38(31)46/h3-26H,1-2H3. The van der Waals surface area contributed by atoms with Gasteiger partial charge in [-0.1, -0.05) is 98.8 Å². The first kappa shape index (κ1) is 26.1. The van der Waals surface area contributed by atoms with Gasteiger partial charge in [-0.05, 0) is 82.9 Å². The molecule has 3 nitrogen and oxygen atoms in total. The lowest BCUT2D eigenvalue weighted by Gasteiger charge is -2.23. The van der Waals surface area contributed by atoms with E-state index in [1.165, 1.54) is 76.9 Å². The summed E-state index contributed by atoms with van der Waals surface area (Å²) in [5.41, 5.74) is 14.1. The molecule has 11 rings (SSSR count). The Morgan fingerprint density at radius 3 is 1.46 bits per heavy atom. The zero-order valence-electron chi connectivity index (χ0n) is 26.7. The maximum absolute atomic E-state index is 6.58. The van der Waals surface area contributed by atoms with Crippen molar-refractivity contribution in [2.45, 2.75) is 19.3 Å². The second-order valence-corrected chi connectivity index (χ2v) is 13.7. The smallest absolute Gasteiger partial charge is 0.135 e. The van der Waals surface area contributed by atoms with Crippen LogP contribution < -0.4 is 0 Å². The molecule has 0 fully saturated rings. The molecule has 0 radical (unpaired) electrons. The van der Waals surface area contributed by atoms with E-state index in [9.17, 15) is 0 Å². The van der Waals surface area contributed by atoms with Crippen LogP contribution in [0.5, 0.6) is 0 Å². The maximum Gasteiger partial charge on any atom is 0.135 e. The lowest BCUT2D eigenvalue weighted by atomic mass is 9.80. The van der Waals surface area contributed by atoms with Crippen LogP contribution in [0, 0.1) is 0 Å². The zero-order valence-corrected chi connectivity index (χ0v) is 26.7. The molecule has 0 amide bonds. The Morgan fingerprint density at radius 1 is 0.438 bits per heavy atom. The molecule has 0 unspecified atom stereocenters. The molecular weight excluding hydrogens is 585 g/mol. The molecule has 0 saturated heterocycles. The molecule has 226 valence electrons. The third-order valence-electron chi connectivity index (χ3n) is 10.9. The second kappa shape index (κ2) is 9.05. The minimum atomic E-state index is -0.238. The van der Waals surface area contributed by atoms with E-state index in [1.807, 2.05) is 0 Å². The summed E-state index contributed by atoms with van der Waals surface area (Å²) >= 11 is 0. The topological polar surface area (TPSA) is 23.0 Å². The maximum atomic E-state index is 6.58. The molecule has 0 spiro atoms. The molecule has 1 aliphatic carbocycles. The van der Waals surface area contributed by atoms with E-state index in [0.717, 1.165) is 22.2 Å². The average Bonchev–Trinajstić information content (AvgIpc) is 3.83. The highest BCUT2D eigenvalue weighted by atomic mass is 16.3. The van der Waals surface area contributed by atoms with Gasteiger partial charge in [-0.3, -0.25) is 0 Å². The Bertz CT molecular complexity index is 2880. The summed E-state index contributed by atoms with van der Waals surface area (Å²) in [6.07, 6.45) is 0. The summed E-state index contributed by atoms with van der Waals surface area (Å²) < 4.78 is 11.4. The molecule has 0 N–H and O–H groups in total. The van der Waals surface area contributed by atoms with Crippen molar-refractivity contribution in [1.82, 2.24) is 9.13 Å². The molecule has 0 aliphatic heterocycles. The minimum Gasteiger partial charge on any atom is -0.456 e. The van der Waals surface area contributed by atoms with Crippen molar-refractivity contribution in [3.63, 3.8) is 0 Å². The van der Waals surface area contributed by atoms with Crippen LogP contribution in [0.1, 0.15) is 25.0 Å². The normalized spacial score (nSPS) is 13.8. The van der Waals surface area contributed by atoms with E-state index in [4.69, 9.17) is 4.42 Å². The van der Waals surface area contributed by atoms with Crippen molar-refractivity contribution in [2.24, 2.45) is 0 Å². The van der Waals surface area contributed by atoms with Crippen LogP contribution in [0.2, 0.25) is 0 Å². The van der Waals surface area contributed by atoms with Crippen LogP contribution in [0.3, 0.4) is 0 Å². The highest BCUT2D eigenvalue weighted by Crippen LogP contribution is 2.54. The molecule has 3 heteroatoms. The van der Waals surface area contributed by atoms with Gasteiger partial charge in [-0.15, -0.1) is 0 Å². The highest BCUT2D eigenvalue weighted by molar-refractivity contribution is 6.13. The van der Waals surface area contributed by atoms with E-state index < -0.39 is 0 Å². The zero-order chi connectivity index (χ0) is 31.7. The number of nitrogens with zero attached hydrogens (tertiary/aromatic N) is 2. The van der Waals surface area contributed by atoms with Crippen LogP contribution in [0.25, 0.3) is 88.1 Å². The number of para-hydroxylation sites is 4. The monoisotopic (exact) mass is 614 g/mol. The van der Waals surface area contributed by atoms with Crippen molar-refractivity contribution in [3.8, 4) is 22.5 Å². The van der Waals surface area contributed by atoms with Crippen LogP contribution in [0.15, 0.2) is 150 Å². The van der Waals surface area contributed by atoms with Gasteiger partial charge in [-0.25, -0.2) is 0 Å². The van der Waals surface area contributed by atoms with Crippen molar-refractivity contribution < 1.29 is 4.42 Å². The Kier molecular flexibility index (Phi) is 4.91.